The maximum Gasteiger partial charge on any atom is 0.211 e. The number of hydrogen-bond donors (Lipinski definition) is 1. The summed E-state index contributed by atoms with van der Waals surface area (Å²) in [7, 11) is -3.14. The third-order valence-corrected chi connectivity index (χ3v) is 7.35. The van der Waals surface area contributed by atoms with Crippen LogP contribution in [0.5, 0.6) is 0 Å². The van der Waals surface area contributed by atoms with Crippen molar-refractivity contribution in [3.63, 3.8) is 0 Å². The Morgan fingerprint density at radius 1 is 1.03 bits per heavy atom. The molecule has 5 rings (SSSR count). The molecule has 176 valence electrons. The second-order valence-corrected chi connectivity index (χ2v) is 10.4. The number of rotatable bonds is 5. The Labute approximate surface area is 192 Å². The van der Waals surface area contributed by atoms with Gasteiger partial charge in [-0.25, -0.2) is 23.4 Å². The minimum Gasteiger partial charge on any atom is -0.384 e. The summed E-state index contributed by atoms with van der Waals surface area (Å²) in [6.07, 6.45) is 6.98. The number of fused-ring (bicyclic) bond motifs is 1. The SMILES string of the molecule is CS(=O)(=O)N1CCN(Cc2cn3cc(-c4ccc(N)nc4)nc(N4CCOCC4)c3n2)CC1. The standard InChI is InChI=1S/C21H28N8O3S/c1-33(30,31)29-6-4-26(5-7-29)13-17-14-28-15-18(16-2-3-19(22)23-12-16)25-21(20(28)24-17)27-8-10-32-11-9-27/h2-3,12,14-15H,4-11,13H2,1H3,(H2,22,23). The van der Waals surface area contributed by atoms with Crippen LogP contribution < -0.4 is 10.6 Å². The van der Waals surface area contributed by atoms with Gasteiger partial charge in [-0.3, -0.25) is 4.90 Å². The highest BCUT2D eigenvalue weighted by Gasteiger charge is 2.25. The van der Waals surface area contributed by atoms with Crippen molar-refractivity contribution in [2.45, 2.75) is 6.54 Å². The molecule has 0 aliphatic carbocycles. The molecule has 0 saturated carbocycles. The summed E-state index contributed by atoms with van der Waals surface area (Å²) < 4.78 is 32.6. The molecule has 0 unspecified atom stereocenters. The predicted octanol–water partition coefficient (Wildman–Crippen LogP) is 0.287. The zero-order valence-electron chi connectivity index (χ0n) is 18.6. The summed E-state index contributed by atoms with van der Waals surface area (Å²) in [6.45, 7) is 5.82. The highest BCUT2D eigenvalue weighted by atomic mass is 32.2. The number of ether oxygens (including phenoxy) is 1. The fourth-order valence-corrected chi connectivity index (χ4v) is 5.07. The van der Waals surface area contributed by atoms with Crippen LogP contribution in [0.1, 0.15) is 5.69 Å². The first-order valence-corrected chi connectivity index (χ1v) is 12.8. The van der Waals surface area contributed by atoms with Crippen molar-refractivity contribution in [1.29, 1.82) is 0 Å². The minimum absolute atomic E-state index is 0.467. The highest BCUT2D eigenvalue weighted by Crippen LogP contribution is 2.26. The van der Waals surface area contributed by atoms with Gasteiger partial charge in [0.15, 0.2) is 11.5 Å². The van der Waals surface area contributed by atoms with E-state index in [1.54, 1.807) is 12.3 Å². The summed E-state index contributed by atoms with van der Waals surface area (Å²) in [5, 5.41) is 0. The van der Waals surface area contributed by atoms with Crippen molar-refractivity contribution in [3.05, 3.63) is 36.4 Å². The van der Waals surface area contributed by atoms with E-state index in [9.17, 15) is 8.42 Å². The lowest BCUT2D eigenvalue weighted by Gasteiger charge is -2.32. The first-order valence-electron chi connectivity index (χ1n) is 11.0. The predicted molar refractivity (Wildman–Crippen MR) is 125 cm³/mol. The Morgan fingerprint density at radius 3 is 2.45 bits per heavy atom. The molecule has 2 saturated heterocycles. The number of piperazine rings is 1. The normalized spacial score (nSPS) is 18.8. The van der Waals surface area contributed by atoms with Crippen molar-refractivity contribution in [1.82, 2.24) is 28.6 Å². The fourth-order valence-electron chi connectivity index (χ4n) is 4.24. The summed E-state index contributed by atoms with van der Waals surface area (Å²) in [6, 6.07) is 3.68. The van der Waals surface area contributed by atoms with Gasteiger partial charge in [-0.15, -0.1) is 0 Å². The zero-order chi connectivity index (χ0) is 23.0. The molecule has 0 amide bonds. The van der Waals surface area contributed by atoms with E-state index in [2.05, 4.69) is 14.8 Å². The van der Waals surface area contributed by atoms with Crippen molar-refractivity contribution >= 4 is 27.3 Å². The molecule has 12 heteroatoms. The number of anilines is 2. The van der Waals surface area contributed by atoms with Crippen molar-refractivity contribution < 1.29 is 13.2 Å². The van der Waals surface area contributed by atoms with Crippen LogP contribution in [-0.2, 0) is 21.3 Å². The number of imidazole rings is 1. The van der Waals surface area contributed by atoms with Gasteiger partial charge >= 0.3 is 0 Å². The highest BCUT2D eigenvalue weighted by molar-refractivity contribution is 7.88. The molecule has 2 N–H and O–H groups in total. The third kappa shape index (κ3) is 4.78. The molecule has 0 bridgehead atoms. The van der Waals surface area contributed by atoms with Crippen LogP contribution >= 0.6 is 0 Å². The van der Waals surface area contributed by atoms with Crippen LogP contribution in [0.25, 0.3) is 16.9 Å². The molecule has 3 aromatic rings. The van der Waals surface area contributed by atoms with Gasteiger partial charge in [0.2, 0.25) is 10.0 Å². The van der Waals surface area contributed by atoms with Gasteiger partial charge in [0, 0.05) is 70.0 Å². The summed E-state index contributed by atoms with van der Waals surface area (Å²) >= 11 is 0. The Hall–Kier alpha value is -2.80. The zero-order valence-corrected chi connectivity index (χ0v) is 19.4. The number of aromatic nitrogens is 4. The Bertz CT molecular complexity index is 1230. The molecule has 2 aliphatic heterocycles. The molecule has 0 atom stereocenters. The molecular formula is C21H28N8O3S. The molecule has 2 fully saturated rings. The van der Waals surface area contributed by atoms with Crippen molar-refractivity contribution in [2.24, 2.45) is 0 Å². The number of nitrogens with zero attached hydrogens (tertiary/aromatic N) is 7. The summed E-state index contributed by atoms with van der Waals surface area (Å²) in [4.78, 5) is 18.5. The second kappa shape index (κ2) is 8.86. The molecule has 11 nitrogen and oxygen atoms in total. The van der Waals surface area contributed by atoms with Crippen LogP contribution in [0.4, 0.5) is 11.6 Å². The first kappa shape index (κ1) is 22.0. The van der Waals surface area contributed by atoms with Crippen LogP contribution in [0.2, 0.25) is 0 Å². The second-order valence-electron chi connectivity index (χ2n) is 8.42. The molecule has 2 aliphatic rings. The quantitative estimate of drug-likeness (QED) is 0.558. The summed E-state index contributed by atoms with van der Waals surface area (Å²) in [5.41, 5.74) is 9.16. The average molecular weight is 473 g/mol. The average Bonchev–Trinajstić information content (AvgIpc) is 3.21. The minimum atomic E-state index is -3.14. The Morgan fingerprint density at radius 2 is 1.79 bits per heavy atom. The van der Waals surface area contributed by atoms with Gasteiger partial charge in [0.1, 0.15) is 5.82 Å². The van der Waals surface area contributed by atoms with Gasteiger partial charge in [0.05, 0.1) is 30.9 Å². The number of nitrogens with two attached hydrogens (primary N) is 1. The number of sulfonamides is 1. The largest absolute Gasteiger partial charge is 0.384 e. The van der Waals surface area contributed by atoms with Crippen LogP contribution in [0.3, 0.4) is 0 Å². The van der Waals surface area contributed by atoms with Gasteiger partial charge in [-0.2, -0.15) is 4.31 Å². The molecule has 33 heavy (non-hydrogen) atoms. The lowest BCUT2D eigenvalue weighted by atomic mass is 10.2. The fraction of sp³-hybridized carbons (Fsp3) is 0.476. The lowest BCUT2D eigenvalue weighted by Crippen LogP contribution is -2.47. The van der Waals surface area contributed by atoms with E-state index in [1.807, 2.05) is 22.9 Å². The van der Waals surface area contributed by atoms with Crippen LogP contribution in [0, 0.1) is 0 Å². The molecule has 5 heterocycles. The Kier molecular flexibility index (Phi) is 5.91. The molecule has 0 spiro atoms. The van der Waals surface area contributed by atoms with Crippen molar-refractivity contribution in [2.75, 3.05) is 69.4 Å². The first-order chi connectivity index (χ1) is 15.9. The van der Waals surface area contributed by atoms with Gasteiger partial charge < -0.3 is 19.8 Å². The maximum atomic E-state index is 11.8. The van der Waals surface area contributed by atoms with Crippen LogP contribution in [-0.4, -0.2) is 95.7 Å². The van der Waals surface area contributed by atoms with E-state index in [-0.39, 0.29) is 0 Å². The molecule has 0 radical (unpaired) electrons. The molecular weight excluding hydrogens is 444 g/mol. The van der Waals surface area contributed by atoms with E-state index in [0.717, 1.165) is 41.5 Å². The smallest absolute Gasteiger partial charge is 0.211 e. The Balaban J connectivity index is 1.45. The van der Waals surface area contributed by atoms with E-state index in [1.165, 1.54) is 10.6 Å². The van der Waals surface area contributed by atoms with E-state index in [0.29, 0.717) is 51.8 Å². The topological polar surface area (TPSA) is 122 Å². The summed E-state index contributed by atoms with van der Waals surface area (Å²) in [5.74, 6) is 1.29. The van der Waals surface area contributed by atoms with Gasteiger partial charge in [0.25, 0.3) is 0 Å². The monoisotopic (exact) mass is 472 g/mol. The van der Waals surface area contributed by atoms with Crippen molar-refractivity contribution in [3.8, 4) is 11.3 Å². The number of nitrogen functional groups attached to an aromatic ring is 1. The van der Waals surface area contributed by atoms with E-state index in [4.69, 9.17) is 20.4 Å². The lowest BCUT2D eigenvalue weighted by molar-refractivity contribution is 0.122. The van der Waals surface area contributed by atoms with Gasteiger partial charge in [-0.1, -0.05) is 0 Å². The van der Waals surface area contributed by atoms with E-state index < -0.39 is 10.0 Å². The third-order valence-electron chi connectivity index (χ3n) is 6.05. The number of hydrogen-bond acceptors (Lipinski definition) is 9. The number of pyridine rings is 1. The van der Waals surface area contributed by atoms with E-state index >= 15 is 0 Å². The van der Waals surface area contributed by atoms with Gasteiger partial charge in [-0.05, 0) is 12.1 Å². The maximum absolute atomic E-state index is 11.8. The molecule has 3 aromatic heterocycles. The number of morpholine rings is 1. The molecule has 0 aromatic carbocycles. The van der Waals surface area contributed by atoms with Crippen LogP contribution in [0.15, 0.2) is 30.7 Å².